The Morgan fingerprint density at radius 3 is 2.66 bits per heavy atom. The van der Waals surface area contributed by atoms with E-state index in [1.807, 2.05) is 6.07 Å². The van der Waals surface area contributed by atoms with Crippen LogP contribution in [0.15, 0.2) is 42.5 Å². The largest absolute Gasteiger partial charge is 0.454 e. The maximum absolute atomic E-state index is 5.99. The van der Waals surface area contributed by atoms with Crippen LogP contribution in [0.25, 0.3) is 0 Å². The summed E-state index contributed by atoms with van der Waals surface area (Å²) in [6.45, 7) is 9.92. The van der Waals surface area contributed by atoms with E-state index in [4.69, 9.17) is 14.2 Å². The SMILES string of the molecule is Cc1ccc([C@H](CC[NH2+]Cc2ccc3c(c2)OCO3)[C@@H]2CCOC(C)(C)C2)cc1. The van der Waals surface area contributed by atoms with Gasteiger partial charge in [0.05, 0.1) is 12.1 Å². The van der Waals surface area contributed by atoms with Gasteiger partial charge in [0.25, 0.3) is 0 Å². The van der Waals surface area contributed by atoms with Crippen LogP contribution in [-0.4, -0.2) is 25.5 Å². The number of aryl methyl sites for hydroxylation is 1. The number of fused-ring (bicyclic) bond motifs is 1. The van der Waals surface area contributed by atoms with Crippen molar-refractivity contribution in [3.8, 4) is 11.5 Å². The van der Waals surface area contributed by atoms with Gasteiger partial charge in [-0.15, -0.1) is 0 Å². The van der Waals surface area contributed by atoms with Gasteiger partial charge in [-0.3, -0.25) is 0 Å². The van der Waals surface area contributed by atoms with Crippen LogP contribution in [0.5, 0.6) is 11.5 Å². The predicted molar refractivity (Wildman–Crippen MR) is 114 cm³/mol. The molecule has 2 N–H and O–H groups in total. The molecule has 0 radical (unpaired) electrons. The van der Waals surface area contributed by atoms with E-state index in [9.17, 15) is 0 Å². The maximum atomic E-state index is 5.99. The molecule has 0 saturated carbocycles. The predicted octanol–water partition coefficient (Wildman–Crippen LogP) is 4.17. The zero-order chi connectivity index (χ0) is 20.3. The molecule has 0 aliphatic carbocycles. The summed E-state index contributed by atoms with van der Waals surface area (Å²) in [6.07, 6.45) is 3.48. The van der Waals surface area contributed by atoms with Gasteiger partial charge >= 0.3 is 0 Å². The van der Waals surface area contributed by atoms with E-state index < -0.39 is 0 Å². The highest BCUT2D eigenvalue weighted by Gasteiger charge is 2.34. The Labute approximate surface area is 174 Å². The van der Waals surface area contributed by atoms with Crippen molar-refractivity contribution in [2.75, 3.05) is 19.9 Å². The van der Waals surface area contributed by atoms with Crippen molar-refractivity contribution in [1.29, 1.82) is 0 Å². The first-order valence-corrected chi connectivity index (χ1v) is 10.9. The molecule has 4 heteroatoms. The smallest absolute Gasteiger partial charge is 0.231 e. The quantitative estimate of drug-likeness (QED) is 0.715. The molecule has 2 aromatic rings. The highest BCUT2D eigenvalue weighted by Crippen LogP contribution is 2.39. The van der Waals surface area contributed by atoms with Crippen molar-refractivity contribution in [1.82, 2.24) is 0 Å². The zero-order valence-electron chi connectivity index (χ0n) is 17.9. The molecule has 2 atom stereocenters. The fourth-order valence-corrected chi connectivity index (χ4v) is 4.74. The lowest BCUT2D eigenvalue weighted by molar-refractivity contribution is -0.671. The first-order valence-electron chi connectivity index (χ1n) is 10.9. The normalized spacial score (nSPS) is 21.1. The third kappa shape index (κ3) is 5.12. The zero-order valence-corrected chi connectivity index (χ0v) is 17.9. The van der Waals surface area contributed by atoms with E-state index in [-0.39, 0.29) is 5.60 Å². The van der Waals surface area contributed by atoms with E-state index in [0.29, 0.717) is 18.6 Å². The van der Waals surface area contributed by atoms with Gasteiger partial charge in [0.2, 0.25) is 6.79 Å². The van der Waals surface area contributed by atoms with Crippen LogP contribution in [-0.2, 0) is 11.3 Å². The first-order chi connectivity index (χ1) is 14.0. The molecule has 0 unspecified atom stereocenters. The Bertz CT molecular complexity index is 815. The van der Waals surface area contributed by atoms with E-state index in [1.165, 1.54) is 23.1 Å². The average Bonchev–Trinajstić information content (AvgIpc) is 3.16. The lowest BCUT2D eigenvalue weighted by Crippen LogP contribution is -2.82. The minimum atomic E-state index is -0.0118. The third-order valence-electron chi connectivity index (χ3n) is 6.31. The van der Waals surface area contributed by atoms with Gasteiger partial charge in [-0.05, 0) is 69.2 Å². The monoisotopic (exact) mass is 396 g/mol. The molecule has 4 rings (SSSR count). The Balaban J connectivity index is 1.38. The lowest BCUT2D eigenvalue weighted by atomic mass is 9.75. The Hall–Kier alpha value is -2.04. The lowest BCUT2D eigenvalue weighted by Gasteiger charge is -2.39. The third-order valence-corrected chi connectivity index (χ3v) is 6.31. The van der Waals surface area contributed by atoms with E-state index >= 15 is 0 Å². The number of benzene rings is 2. The van der Waals surface area contributed by atoms with Crippen LogP contribution < -0.4 is 14.8 Å². The van der Waals surface area contributed by atoms with Crippen LogP contribution in [0.1, 0.15) is 55.7 Å². The molecule has 1 saturated heterocycles. The number of quaternary nitrogens is 1. The van der Waals surface area contributed by atoms with Crippen molar-refractivity contribution in [3.63, 3.8) is 0 Å². The molecular weight excluding hydrogens is 362 g/mol. The van der Waals surface area contributed by atoms with E-state index in [0.717, 1.165) is 44.0 Å². The molecule has 2 aromatic carbocycles. The van der Waals surface area contributed by atoms with Gasteiger partial charge in [-0.25, -0.2) is 0 Å². The second-order valence-electron chi connectivity index (χ2n) is 9.14. The van der Waals surface area contributed by atoms with Crippen molar-refractivity contribution in [2.45, 2.75) is 58.1 Å². The Morgan fingerprint density at radius 2 is 1.86 bits per heavy atom. The van der Waals surface area contributed by atoms with Crippen LogP contribution in [0, 0.1) is 12.8 Å². The van der Waals surface area contributed by atoms with Crippen LogP contribution in [0.4, 0.5) is 0 Å². The minimum absolute atomic E-state index is 0.0118. The minimum Gasteiger partial charge on any atom is -0.454 e. The van der Waals surface area contributed by atoms with Gasteiger partial charge in [0.15, 0.2) is 11.5 Å². The Kier molecular flexibility index (Phi) is 6.12. The molecular formula is C25H34NO3+. The van der Waals surface area contributed by atoms with Gasteiger partial charge in [-0.1, -0.05) is 29.8 Å². The van der Waals surface area contributed by atoms with E-state index in [1.54, 1.807) is 0 Å². The summed E-state index contributed by atoms with van der Waals surface area (Å²) in [5, 5.41) is 2.42. The molecule has 0 amide bonds. The molecule has 4 nitrogen and oxygen atoms in total. The van der Waals surface area contributed by atoms with Crippen molar-refractivity contribution in [2.24, 2.45) is 5.92 Å². The van der Waals surface area contributed by atoms with Crippen LogP contribution in [0.2, 0.25) is 0 Å². The molecule has 0 bridgehead atoms. The molecule has 1 fully saturated rings. The fraction of sp³-hybridized carbons (Fsp3) is 0.520. The van der Waals surface area contributed by atoms with Crippen LogP contribution >= 0.6 is 0 Å². The number of ether oxygens (including phenoxy) is 3. The van der Waals surface area contributed by atoms with Gasteiger partial charge in [-0.2, -0.15) is 0 Å². The summed E-state index contributed by atoms with van der Waals surface area (Å²) < 4.78 is 16.9. The molecule has 2 aliphatic rings. The Morgan fingerprint density at radius 1 is 1.07 bits per heavy atom. The second-order valence-corrected chi connectivity index (χ2v) is 9.14. The second kappa shape index (κ2) is 8.76. The summed E-state index contributed by atoms with van der Waals surface area (Å²) in [7, 11) is 0. The summed E-state index contributed by atoms with van der Waals surface area (Å²) in [4.78, 5) is 0. The first kappa shape index (κ1) is 20.2. The van der Waals surface area contributed by atoms with Gasteiger partial charge < -0.3 is 19.5 Å². The summed E-state index contributed by atoms with van der Waals surface area (Å²) in [6, 6.07) is 15.4. The molecule has 2 heterocycles. The fourth-order valence-electron chi connectivity index (χ4n) is 4.74. The number of hydrogen-bond acceptors (Lipinski definition) is 3. The highest BCUT2D eigenvalue weighted by atomic mass is 16.7. The summed E-state index contributed by atoms with van der Waals surface area (Å²) >= 11 is 0. The number of nitrogens with two attached hydrogens (primary N) is 1. The molecule has 2 aliphatic heterocycles. The van der Waals surface area contributed by atoms with Gasteiger partial charge in [0.1, 0.15) is 6.54 Å². The topological polar surface area (TPSA) is 44.3 Å². The molecule has 0 aromatic heterocycles. The summed E-state index contributed by atoms with van der Waals surface area (Å²) in [5.74, 6) is 3.00. The number of hydrogen-bond donors (Lipinski definition) is 1. The average molecular weight is 397 g/mol. The van der Waals surface area contributed by atoms with Crippen molar-refractivity contribution in [3.05, 3.63) is 59.2 Å². The molecule has 156 valence electrons. The van der Waals surface area contributed by atoms with Crippen molar-refractivity contribution < 1.29 is 19.5 Å². The number of rotatable bonds is 7. The van der Waals surface area contributed by atoms with Crippen LogP contribution in [0.3, 0.4) is 0 Å². The molecule has 29 heavy (non-hydrogen) atoms. The standard InChI is InChI=1S/C25H33NO3/c1-18-4-7-20(8-5-18)22(21-11-13-29-25(2,3)15-21)10-12-26-16-19-6-9-23-24(14-19)28-17-27-23/h4-9,14,21-22,26H,10-13,15-17H2,1-3H3/p+1/t21-,22+/m1/s1. The van der Waals surface area contributed by atoms with E-state index in [2.05, 4.69) is 62.5 Å². The maximum Gasteiger partial charge on any atom is 0.231 e. The van der Waals surface area contributed by atoms with Gasteiger partial charge in [0, 0.05) is 18.6 Å². The highest BCUT2D eigenvalue weighted by molar-refractivity contribution is 5.44. The molecule has 0 spiro atoms. The summed E-state index contributed by atoms with van der Waals surface area (Å²) in [5.41, 5.74) is 4.08. The van der Waals surface area contributed by atoms with Crippen molar-refractivity contribution >= 4 is 0 Å².